The van der Waals surface area contributed by atoms with Gasteiger partial charge in [-0.05, 0) is 55.2 Å². The molecular weight excluding hydrogens is 386 g/mol. The van der Waals surface area contributed by atoms with Crippen molar-refractivity contribution in [3.63, 3.8) is 0 Å². The van der Waals surface area contributed by atoms with Crippen LogP contribution in [0.1, 0.15) is 52.8 Å². The summed E-state index contributed by atoms with van der Waals surface area (Å²) in [4.78, 5) is 49.6. The highest BCUT2D eigenvalue weighted by atomic mass is 16.5. The van der Waals surface area contributed by atoms with Gasteiger partial charge in [0.05, 0.1) is 17.7 Å². The lowest BCUT2D eigenvalue weighted by Gasteiger charge is -2.54. The van der Waals surface area contributed by atoms with E-state index in [1.54, 1.807) is 18.2 Å². The lowest BCUT2D eigenvalue weighted by Crippen LogP contribution is -2.60. The lowest BCUT2D eigenvalue weighted by molar-refractivity contribution is -0.124. The van der Waals surface area contributed by atoms with Crippen LogP contribution in [0.5, 0.6) is 5.75 Å². The van der Waals surface area contributed by atoms with Gasteiger partial charge in [0.1, 0.15) is 18.1 Å². The predicted octanol–water partition coefficient (Wildman–Crippen LogP) is 1.14. The van der Waals surface area contributed by atoms with Gasteiger partial charge in [-0.1, -0.05) is 0 Å². The second-order valence-electron chi connectivity index (χ2n) is 8.58. The standard InChI is InChI=1S/C22H27N3O5/c1-23-19(27)18(3-2-7-26)25-20(28)16-5-4-15(9-17(16)21(25)29)30-8-6-14-10-22(11-14)12-24-13-22/h4-5,7,9,14,18,24H,2-3,6,8,10-13H2,1H3,(H,23,27). The van der Waals surface area contributed by atoms with Crippen LogP contribution < -0.4 is 15.4 Å². The molecule has 8 nitrogen and oxygen atoms in total. The molecule has 1 spiro atoms. The Kier molecular flexibility index (Phi) is 5.60. The van der Waals surface area contributed by atoms with E-state index in [0.29, 0.717) is 30.0 Å². The fourth-order valence-corrected chi connectivity index (χ4v) is 4.86. The number of aldehydes is 1. The van der Waals surface area contributed by atoms with Crippen molar-refractivity contribution < 1.29 is 23.9 Å². The summed E-state index contributed by atoms with van der Waals surface area (Å²) in [7, 11) is 1.44. The molecule has 1 atom stereocenters. The first-order valence-corrected chi connectivity index (χ1v) is 10.5. The van der Waals surface area contributed by atoms with Crippen LogP contribution in [0.3, 0.4) is 0 Å². The van der Waals surface area contributed by atoms with Crippen LogP contribution in [-0.2, 0) is 9.59 Å². The van der Waals surface area contributed by atoms with E-state index < -0.39 is 23.8 Å². The summed E-state index contributed by atoms with van der Waals surface area (Å²) in [5, 5.41) is 5.80. The third kappa shape index (κ3) is 3.60. The maximum atomic E-state index is 12.9. The monoisotopic (exact) mass is 413 g/mol. The van der Waals surface area contributed by atoms with E-state index in [9.17, 15) is 19.2 Å². The Labute approximate surface area is 175 Å². The molecule has 8 heteroatoms. The molecule has 1 aliphatic carbocycles. The van der Waals surface area contributed by atoms with E-state index in [-0.39, 0.29) is 24.0 Å². The van der Waals surface area contributed by atoms with Gasteiger partial charge in [-0.2, -0.15) is 0 Å². The van der Waals surface area contributed by atoms with Crippen LogP contribution in [0.15, 0.2) is 18.2 Å². The summed E-state index contributed by atoms with van der Waals surface area (Å²) in [5.41, 5.74) is 1.03. The number of imide groups is 1. The molecule has 2 heterocycles. The second kappa shape index (κ2) is 8.18. The lowest BCUT2D eigenvalue weighted by atomic mass is 9.58. The number of benzene rings is 1. The Balaban J connectivity index is 1.39. The number of nitrogens with zero attached hydrogens (tertiary/aromatic N) is 1. The Morgan fingerprint density at radius 3 is 2.67 bits per heavy atom. The number of nitrogens with one attached hydrogen (secondary N) is 2. The Morgan fingerprint density at radius 1 is 1.30 bits per heavy atom. The molecule has 1 unspecified atom stereocenters. The SMILES string of the molecule is CNC(=O)C(CCC=O)N1C(=O)c2ccc(OCCC3CC4(CNC4)C3)cc2C1=O. The number of carbonyl (C=O) groups excluding carboxylic acids is 4. The molecule has 3 aliphatic rings. The van der Waals surface area contributed by atoms with Crippen molar-refractivity contribution in [1.82, 2.24) is 15.5 Å². The van der Waals surface area contributed by atoms with Gasteiger partial charge in [0.15, 0.2) is 0 Å². The molecule has 2 aliphatic heterocycles. The van der Waals surface area contributed by atoms with Gasteiger partial charge in [0, 0.05) is 26.6 Å². The molecule has 3 amide bonds. The molecule has 160 valence electrons. The first-order chi connectivity index (χ1) is 14.5. The smallest absolute Gasteiger partial charge is 0.262 e. The molecule has 2 N–H and O–H groups in total. The first kappa shape index (κ1) is 20.5. The molecule has 1 saturated carbocycles. The fourth-order valence-electron chi connectivity index (χ4n) is 4.86. The molecule has 2 fully saturated rings. The van der Waals surface area contributed by atoms with Gasteiger partial charge in [0.25, 0.3) is 11.8 Å². The van der Waals surface area contributed by atoms with Gasteiger partial charge in [-0.25, -0.2) is 0 Å². The van der Waals surface area contributed by atoms with E-state index in [4.69, 9.17) is 4.74 Å². The molecule has 0 radical (unpaired) electrons. The van der Waals surface area contributed by atoms with Crippen molar-refractivity contribution in [2.24, 2.45) is 11.3 Å². The van der Waals surface area contributed by atoms with Crippen molar-refractivity contribution in [2.45, 2.75) is 38.1 Å². The Morgan fingerprint density at radius 2 is 2.03 bits per heavy atom. The van der Waals surface area contributed by atoms with Gasteiger partial charge in [-0.15, -0.1) is 0 Å². The molecule has 4 rings (SSSR count). The molecular formula is C22H27N3O5. The number of rotatable bonds is 9. The Bertz CT molecular complexity index is 872. The van der Waals surface area contributed by atoms with Crippen LogP contribution in [0.4, 0.5) is 0 Å². The van der Waals surface area contributed by atoms with Crippen LogP contribution >= 0.6 is 0 Å². The van der Waals surface area contributed by atoms with Crippen LogP contribution in [0.2, 0.25) is 0 Å². The van der Waals surface area contributed by atoms with E-state index in [1.165, 1.54) is 19.9 Å². The normalized spacial score (nSPS) is 20.4. The molecule has 0 aromatic heterocycles. The van der Waals surface area contributed by atoms with Crippen molar-refractivity contribution in [2.75, 3.05) is 26.7 Å². The van der Waals surface area contributed by atoms with Crippen LogP contribution in [0.25, 0.3) is 0 Å². The molecule has 1 saturated heterocycles. The van der Waals surface area contributed by atoms with E-state index in [2.05, 4.69) is 10.6 Å². The van der Waals surface area contributed by atoms with Crippen molar-refractivity contribution >= 4 is 24.0 Å². The highest BCUT2D eigenvalue weighted by Gasteiger charge is 2.48. The maximum absolute atomic E-state index is 12.9. The summed E-state index contributed by atoms with van der Waals surface area (Å²) in [6.07, 6.45) is 4.32. The third-order valence-electron chi connectivity index (χ3n) is 6.55. The molecule has 30 heavy (non-hydrogen) atoms. The first-order valence-electron chi connectivity index (χ1n) is 10.5. The van der Waals surface area contributed by atoms with Crippen molar-refractivity contribution in [3.8, 4) is 5.75 Å². The highest BCUT2D eigenvalue weighted by molar-refractivity contribution is 6.23. The molecule has 1 aromatic rings. The summed E-state index contributed by atoms with van der Waals surface area (Å²) in [5.74, 6) is -0.289. The summed E-state index contributed by atoms with van der Waals surface area (Å²) in [6.45, 7) is 2.83. The second-order valence-corrected chi connectivity index (χ2v) is 8.58. The number of carbonyl (C=O) groups is 4. The predicted molar refractivity (Wildman–Crippen MR) is 108 cm³/mol. The number of fused-ring (bicyclic) bond motifs is 1. The number of amides is 3. The molecule has 0 bridgehead atoms. The van der Waals surface area contributed by atoms with Crippen LogP contribution in [0, 0.1) is 11.3 Å². The number of ether oxygens (including phenoxy) is 1. The minimum Gasteiger partial charge on any atom is -0.494 e. The topological polar surface area (TPSA) is 105 Å². The minimum absolute atomic E-state index is 0.0817. The largest absolute Gasteiger partial charge is 0.494 e. The minimum atomic E-state index is -1.01. The summed E-state index contributed by atoms with van der Waals surface area (Å²) in [6, 6.07) is 3.83. The summed E-state index contributed by atoms with van der Waals surface area (Å²) >= 11 is 0. The van der Waals surface area contributed by atoms with Crippen molar-refractivity contribution in [3.05, 3.63) is 29.3 Å². The van der Waals surface area contributed by atoms with Gasteiger partial charge >= 0.3 is 0 Å². The maximum Gasteiger partial charge on any atom is 0.262 e. The van der Waals surface area contributed by atoms with E-state index >= 15 is 0 Å². The quantitative estimate of drug-likeness (QED) is 0.465. The Hall–Kier alpha value is -2.74. The van der Waals surface area contributed by atoms with E-state index in [1.807, 2.05) is 0 Å². The fraction of sp³-hybridized carbons (Fsp3) is 0.545. The van der Waals surface area contributed by atoms with Crippen molar-refractivity contribution in [1.29, 1.82) is 0 Å². The van der Waals surface area contributed by atoms with Gasteiger partial charge in [0.2, 0.25) is 5.91 Å². The zero-order valence-electron chi connectivity index (χ0n) is 17.1. The van der Waals surface area contributed by atoms with E-state index in [0.717, 1.165) is 24.4 Å². The average Bonchev–Trinajstić information content (AvgIpc) is 2.93. The third-order valence-corrected chi connectivity index (χ3v) is 6.55. The molecule has 1 aromatic carbocycles. The van der Waals surface area contributed by atoms with Crippen LogP contribution in [-0.4, -0.2) is 61.7 Å². The highest BCUT2D eigenvalue weighted by Crippen LogP contribution is 2.49. The zero-order valence-corrected chi connectivity index (χ0v) is 17.1. The van der Waals surface area contributed by atoms with Gasteiger partial charge in [-0.3, -0.25) is 19.3 Å². The van der Waals surface area contributed by atoms with Gasteiger partial charge < -0.3 is 20.2 Å². The number of likely N-dealkylation sites (N-methyl/N-ethyl adjacent to an activating group) is 1. The summed E-state index contributed by atoms with van der Waals surface area (Å²) < 4.78 is 5.85. The zero-order chi connectivity index (χ0) is 21.3. The number of hydrogen-bond donors (Lipinski definition) is 2. The average molecular weight is 413 g/mol. The number of hydrogen-bond acceptors (Lipinski definition) is 6.